The van der Waals surface area contributed by atoms with Gasteiger partial charge in [0, 0.05) is 11.8 Å². The molecule has 3 aromatic rings. The van der Waals surface area contributed by atoms with Crippen LogP contribution in [-0.2, 0) is 0 Å². The molecule has 0 saturated heterocycles. The molecule has 0 aliphatic carbocycles. The van der Waals surface area contributed by atoms with Crippen molar-refractivity contribution in [3.05, 3.63) is 54.2 Å². The van der Waals surface area contributed by atoms with Gasteiger partial charge in [-0.15, -0.1) is 0 Å². The normalized spacial score (nSPS) is 10.6. The van der Waals surface area contributed by atoms with Gasteiger partial charge in [-0.1, -0.05) is 30.3 Å². The zero-order valence-corrected chi connectivity index (χ0v) is 10.5. The first kappa shape index (κ1) is 11.5. The average Bonchev–Trinajstić information content (AvgIpc) is 2.37. The molecule has 94 valence electrons. The average molecular weight is 251 g/mol. The van der Waals surface area contributed by atoms with E-state index in [9.17, 15) is 0 Å². The molecule has 0 aliphatic rings. The largest absolute Gasteiger partial charge is 0.439 e. The lowest BCUT2D eigenvalue weighted by Gasteiger charge is -2.07. The molecule has 0 radical (unpaired) electrons. The fraction of sp³-hybridized carbons (Fsp3) is 0.0667. The maximum Gasteiger partial charge on any atom is 0.224 e. The molecule has 4 nitrogen and oxygen atoms in total. The highest BCUT2D eigenvalue weighted by Gasteiger charge is 2.03. The van der Waals surface area contributed by atoms with Crippen LogP contribution in [0.1, 0.15) is 5.69 Å². The Bertz CT molecular complexity index is 720. The van der Waals surface area contributed by atoms with Crippen LogP contribution >= 0.6 is 0 Å². The molecular formula is C15H13N3O. The van der Waals surface area contributed by atoms with E-state index in [4.69, 9.17) is 10.5 Å². The highest BCUT2D eigenvalue weighted by atomic mass is 16.5. The number of hydrogen-bond acceptors (Lipinski definition) is 4. The Hall–Kier alpha value is -2.62. The van der Waals surface area contributed by atoms with Crippen molar-refractivity contribution < 1.29 is 4.74 Å². The molecule has 0 atom stereocenters. The van der Waals surface area contributed by atoms with Crippen LogP contribution in [0.25, 0.3) is 10.8 Å². The maximum atomic E-state index is 5.72. The highest BCUT2D eigenvalue weighted by molar-refractivity contribution is 5.83. The molecule has 0 fully saturated rings. The van der Waals surface area contributed by atoms with E-state index >= 15 is 0 Å². The van der Waals surface area contributed by atoms with Gasteiger partial charge in [-0.05, 0) is 29.8 Å². The lowest BCUT2D eigenvalue weighted by molar-refractivity contribution is 0.462. The highest BCUT2D eigenvalue weighted by Crippen LogP contribution is 2.25. The van der Waals surface area contributed by atoms with Crippen LogP contribution in [0.3, 0.4) is 0 Å². The standard InChI is InChI=1S/C15H13N3O/c1-10-8-14(18-15(16)17-10)19-13-7-6-11-4-2-3-5-12(11)9-13/h2-9H,1H3,(H2,16,17,18). The first-order valence-electron chi connectivity index (χ1n) is 5.98. The summed E-state index contributed by atoms with van der Waals surface area (Å²) in [6.45, 7) is 1.85. The third-order valence-electron chi connectivity index (χ3n) is 2.79. The van der Waals surface area contributed by atoms with Crippen LogP contribution in [0, 0.1) is 6.92 Å². The number of hydrogen-bond donors (Lipinski definition) is 1. The van der Waals surface area contributed by atoms with Crippen molar-refractivity contribution in [2.75, 3.05) is 5.73 Å². The van der Waals surface area contributed by atoms with E-state index in [2.05, 4.69) is 16.0 Å². The van der Waals surface area contributed by atoms with Crippen molar-refractivity contribution in [3.63, 3.8) is 0 Å². The van der Waals surface area contributed by atoms with Gasteiger partial charge >= 0.3 is 0 Å². The quantitative estimate of drug-likeness (QED) is 0.759. The van der Waals surface area contributed by atoms with Gasteiger partial charge in [0.1, 0.15) is 5.75 Å². The van der Waals surface area contributed by atoms with Crippen molar-refractivity contribution >= 4 is 16.7 Å². The fourth-order valence-electron chi connectivity index (χ4n) is 1.97. The van der Waals surface area contributed by atoms with Gasteiger partial charge in [0.2, 0.25) is 11.8 Å². The molecule has 4 heteroatoms. The Kier molecular flexibility index (Phi) is 2.76. The predicted molar refractivity (Wildman–Crippen MR) is 75.2 cm³/mol. The van der Waals surface area contributed by atoms with Gasteiger partial charge in [-0.3, -0.25) is 0 Å². The van der Waals surface area contributed by atoms with Crippen LogP contribution in [0.4, 0.5) is 5.95 Å². The van der Waals surface area contributed by atoms with Crippen LogP contribution in [0.2, 0.25) is 0 Å². The molecule has 19 heavy (non-hydrogen) atoms. The number of fused-ring (bicyclic) bond motifs is 1. The molecule has 0 amide bonds. The summed E-state index contributed by atoms with van der Waals surface area (Å²) in [7, 11) is 0. The van der Waals surface area contributed by atoms with Crippen molar-refractivity contribution in [1.29, 1.82) is 0 Å². The molecular weight excluding hydrogens is 238 g/mol. The second kappa shape index (κ2) is 4.57. The first-order valence-corrected chi connectivity index (χ1v) is 5.98. The van der Waals surface area contributed by atoms with Crippen molar-refractivity contribution in [3.8, 4) is 11.6 Å². The maximum absolute atomic E-state index is 5.72. The lowest BCUT2D eigenvalue weighted by Crippen LogP contribution is -1.98. The summed E-state index contributed by atoms with van der Waals surface area (Å²) in [6.07, 6.45) is 0. The number of rotatable bonds is 2. The van der Waals surface area contributed by atoms with Crippen molar-refractivity contribution in [1.82, 2.24) is 9.97 Å². The zero-order valence-electron chi connectivity index (χ0n) is 10.5. The number of nitrogens with two attached hydrogens (primary N) is 1. The number of ether oxygens (including phenoxy) is 1. The molecule has 2 N–H and O–H groups in total. The monoisotopic (exact) mass is 251 g/mol. The second-order valence-corrected chi connectivity index (χ2v) is 4.32. The summed E-state index contributed by atoms with van der Waals surface area (Å²) < 4.78 is 5.72. The van der Waals surface area contributed by atoms with Crippen molar-refractivity contribution in [2.45, 2.75) is 6.92 Å². The van der Waals surface area contributed by atoms with Crippen LogP contribution in [0.5, 0.6) is 11.6 Å². The number of nitrogens with zero attached hydrogens (tertiary/aromatic N) is 2. The molecule has 0 spiro atoms. The Morgan fingerprint density at radius 3 is 2.53 bits per heavy atom. The Morgan fingerprint density at radius 2 is 1.74 bits per heavy atom. The van der Waals surface area contributed by atoms with E-state index in [1.807, 2.05) is 43.3 Å². The number of aromatic nitrogens is 2. The Balaban J connectivity index is 1.96. The van der Waals surface area contributed by atoms with Crippen LogP contribution in [-0.4, -0.2) is 9.97 Å². The summed E-state index contributed by atoms with van der Waals surface area (Å²) in [4.78, 5) is 8.07. The second-order valence-electron chi connectivity index (χ2n) is 4.32. The number of anilines is 1. The van der Waals surface area contributed by atoms with Crippen molar-refractivity contribution in [2.24, 2.45) is 0 Å². The molecule has 0 aliphatic heterocycles. The fourth-order valence-corrected chi connectivity index (χ4v) is 1.97. The lowest BCUT2D eigenvalue weighted by atomic mass is 10.1. The topological polar surface area (TPSA) is 61.0 Å². The third-order valence-corrected chi connectivity index (χ3v) is 2.79. The minimum absolute atomic E-state index is 0.218. The first-order chi connectivity index (χ1) is 9.20. The SMILES string of the molecule is Cc1cc(Oc2ccc3ccccc3c2)nc(N)n1. The summed E-state index contributed by atoms with van der Waals surface area (Å²) in [5, 5.41) is 2.30. The van der Waals surface area contributed by atoms with E-state index in [1.165, 1.54) is 5.39 Å². The molecule has 1 aromatic heterocycles. The molecule has 0 bridgehead atoms. The van der Waals surface area contributed by atoms with E-state index in [1.54, 1.807) is 6.07 Å². The van der Waals surface area contributed by atoms with E-state index in [0.29, 0.717) is 5.88 Å². The van der Waals surface area contributed by atoms with Gasteiger partial charge in [0.05, 0.1) is 0 Å². The Morgan fingerprint density at radius 1 is 0.947 bits per heavy atom. The summed E-state index contributed by atoms with van der Waals surface area (Å²) in [6, 6.07) is 15.8. The zero-order chi connectivity index (χ0) is 13.2. The van der Waals surface area contributed by atoms with E-state index in [0.717, 1.165) is 16.8 Å². The minimum atomic E-state index is 0.218. The minimum Gasteiger partial charge on any atom is -0.439 e. The predicted octanol–water partition coefficient (Wildman–Crippen LogP) is 3.31. The van der Waals surface area contributed by atoms with Crippen LogP contribution in [0.15, 0.2) is 48.5 Å². The van der Waals surface area contributed by atoms with Gasteiger partial charge in [-0.25, -0.2) is 4.98 Å². The van der Waals surface area contributed by atoms with Gasteiger partial charge in [0.25, 0.3) is 0 Å². The van der Waals surface area contributed by atoms with E-state index < -0.39 is 0 Å². The molecule has 2 aromatic carbocycles. The summed E-state index contributed by atoms with van der Waals surface area (Å²) >= 11 is 0. The van der Waals surface area contributed by atoms with Gasteiger partial charge in [0.15, 0.2) is 0 Å². The van der Waals surface area contributed by atoms with Gasteiger partial charge < -0.3 is 10.5 Å². The molecule has 1 heterocycles. The summed E-state index contributed by atoms with van der Waals surface area (Å²) in [5.74, 6) is 1.41. The van der Waals surface area contributed by atoms with Crippen LogP contribution < -0.4 is 10.5 Å². The third kappa shape index (κ3) is 2.47. The Labute approximate surface area is 110 Å². The molecule has 0 saturated carbocycles. The summed E-state index contributed by atoms with van der Waals surface area (Å²) in [5.41, 5.74) is 6.38. The number of aryl methyl sites for hydroxylation is 1. The molecule has 0 unspecified atom stereocenters. The van der Waals surface area contributed by atoms with Gasteiger partial charge in [-0.2, -0.15) is 4.98 Å². The van der Waals surface area contributed by atoms with E-state index in [-0.39, 0.29) is 5.95 Å². The number of benzene rings is 2. The smallest absolute Gasteiger partial charge is 0.224 e. The number of nitrogen functional groups attached to an aromatic ring is 1. The molecule has 3 rings (SSSR count).